The van der Waals surface area contributed by atoms with Gasteiger partial charge in [-0.2, -0.15) is 0 Å². The van der Waals surface area contributed by atoms with Crippen molar-refractivity contribution in [1.29, 1.82) is 0 Å². The molecule has 118 valence electrons. The molecule has 22 heavy (non-hydrogen) atoms. The minimum absolute atomic E-state index is 0.0440. The fourth-order valence-electron chi connectivity index (χ4n) is 3.87. The highest BCUT2D eigenvalue weighted by molar-refractivity contribution is 5.86. The van der Waals surface area contributed by atoms with E-state index < -0.39 is 5.97 Å². The van der Waals surface area contributed by atoms with E-state index in [9.17, 15) is 9.18 Å². The van der Waals surface area contributed by atoms with Crippen LogP contribution in [0.1, 0.15) is 62.6 Å². The Morgan fingerprint density at radius 1 is 1.36 bits per heavy atom. The summed E-state index contributed by atoms with van der Waals surface area (Å²) in [7, 11) is 0. The minimum Gasteiger partial charge on any atom is -0.481 e. The summed E-state index contributed by atoms with van der Waals surface area (Å²) in [5.41, 5.74) is 3.04. The van der Waals surface area contributed by atoms with Crippen molar-refractivity contribution in [3.05, 3.63) is 35.3 Å². The van der Waals surface area contributed by atoms with Crippen LogP contribution in [-0.4, -0.2) is 15.6 Å². The lowest BCUT2D eigenvalue weighted by molar-refractivity contribution is -0.137. The quantitative estimate of drug-likeness (QED) is 0.874. The molecule has 1 aliphatic heterocycles. The van der Waals surface area contributed by atoms with Crippen molar-refractivity contribution in [3.8, 4) is 0 Å². The number of carboxylic acid groups (broad SMARTS) is 1. The van der Waals surface area contributed by atoms with Crippen LogP contribution in [0, 0.1) is 5.82 Å². The zero-order valence-electron chi connectivity index (χ0n) is 13.1. The Kier molecular flexibility index (Phi) is 3.94. The number of carboxylic acids is 1. The molecule has 3 nitrogen and oxygen atoms in total. The van der Waals surface area contributed by atoms with Gasteiger partial charge in [0.25, 0.3) is 0 Å². The van der Waals surface area contributed by atoms with E-state index in [1.807, 2.05) is 0 Å². The lowest BCUT2D eigenvalue weighted by Gasteiger charge is -2.15. The van der Waals surface area contributed by atoms with Crippen molar-refractivity contribution in [2.24, 2.45) is 0 Å². The third-order valence-electron chi connectivity index (χ3n) is 5.02. The van der Waals surface area contributed by atoms with Crippen LogP contribution in [0.2, 0.25) is 0 Å². The van der Waals surface area contributed by atoms with Crippen LogP contribution in [0.15, 0.2) is 18.2 Å². The Morgan fingerprint density at radius 3 is 2.73 bits per heavy atom. The van der Waals surface area contributed by atoms with Gasteiger partial charge in [0.05, 0.1) is 11.9 Å². The predicted molar refractivity (Wildman–Crippen MR) is 84.8 cm³/mol. The molecule has 1 aliphatic rings. The van der Waals surface area contributed by atoms with Crippen LogP contribution in [0.4, 0.5) is 4.39 Å². The van der Waals surface area contributed by atoms with E-state index in [4.69, 9.17) is 5.11 Å². The maximum absolute atomic E-state index is 14.1. The van der Waals surface area contributed by atoms with E-state index in [0.29, 0.717) is 5.92 Å². The van der Waals surface area contributed by atoms with Gasteiger partial charge in [-0.1, -0.05) is 13.8 Å². The van der Waals surface area contributed by atoms with Crippen molar-refractivity contribution >= 4 is 16.9 Å². The van der Waals surface area contributed by atoms with Gasteiger partial charge in [0, 0.05) is 23.5 Å². The van der Waals surface area contributed by atoms with Gasteiger partial charge in [-0.25, -0.2) is 4.39 Å². The van der Waals surface area contributed by atoms with E-state index in [1.54, 1.807) is 12.1 Å². The molecular weight excluding hydrogens is 281 g/mol. The smallest absolute Gasteiger partial charge is 0.304 e. The topological polar surface area (TPSA) is 42.2 Å². The molecule has 2 aromatic rings. The van der Waals surface area contributed by atoms with Crippen LogP contribution >= 0.6 is 0 Å². The number of hydrogen-bond acceptors (Lipinski definition) is 1. The Balaban J connectivity index is 2.15. The van der Waals surface area contributed by atoms with Crippen LogP contribution in [0.3, 0.4) is 0 Å². The molecule has 3 rings (SSSR count). The number of halogens is 1. The molecule has 0 saturated heterocycles. The highest BCUT2D eigenvalue weighted by Gasteiger charge is 2.28. The first-order valence-electron chi connectivity index (χ1n) is 8.09. The number of nitrogens with zero attached hydrogens (tertiary/aromatic N) is 1. The summed E-state index contributed by atoms with van der Waals surface area (Å²) in [6, 6.07) is 5.35. The fourth-order valence-corrected chi connectivity index (χ4v) is 3.87. The summed E-state index contributed by atoms with van der Waals surface area (Å²) in [5.74, 6) is -0.575. The molecule has 1 aromatic heterocycles. The molecule has 0 radical (unpaired) electrons. The first-order chi connectivity index (χ1) is 10.5. The first kappa shape index (κ1) is 15.1. The highest BCUT2D eigenvalue weighted by Crippen LogP contribution is 2.40. The Bertz CT molecular complexity index is 715. The third kappa shape index (κ3) is 2.40. The monoisotopic (exact) mass is 303 g/mol. The average Bonchev–Trinajstić information content (AvgIpc) is 3.00. The van der Waals surface area contributed by atoms with Crippen molar-refractivity contribution in [1.82, 2.24) is 4.57 Å². The van der Waals surface area contributed by atoms with Crippen LogP contribution in [0.25, 0.3) is 10.9 Å². The maximum Gasteiger partial charge on any atom is 0.304 e. The van der Waals surface area contributed by atoms with Crippen molar-refractivity contribution < 1.29 is 14.3 Å². The van der Waals surface area contributed by atoms with Crippen molar-refractivity contribution in [2.45, 2.75) is 57.9 Å². The van der Waals surface area contributed by atoms with Crippen LogP contribution in [-0.2, 0) is 11.3 Å². The number of carbonyl (C=O) groups is 1. The molecule has 0 saturated carbocycles. The van der Waals surface area contributed by atoms with E-state index in [0.717, 1.165) is 48.0 Å². The zero-order valence-corrected chi connectivity index (χ0v) is 13.1. The second-order valence-corrected chi connectivity index (χ2v) is 6.25. The Hall–Kier alpha value is -1.84. The number of aliphatic carboxylic acids is 1. The van der Waals surface area contributed by atoms with Crippen molar-refractivity contribution in [2.75, 3.05) is 0 Å². The summed E-state index contributed by atoms with van der Waals surface area (Å²) < 4.78 is 16.2. The zero-order chi connectivity index (χ0) is 15.9. The lowest BCUT2D eigenvalue weighted by Crippen LogP contribution is -2.02. The fraction of sp³-hybridized carbons (Fsp3) is 0.500. The number of rotatable bonds is 5. The number of fused-ring (bicyclic) bond motifs is 3. The van der Waals surface area contributed by atoms with Crippen LogP contribution < -0.4 is 0 Å². The van der Waals surface area contributed by atoms with Crippen LogP contribution in [0.5, 0.6) is 0 Å². The largest absolute Gasteiger partial charge is 0.481 e. The highest BCUT2D eigenvalue weighted by atomic mass is 19.1. The number of benzene rings is 1. The molecule has 0 spiro atoms. The maximum atomic E-state index is 14.1. The summed E-state index contributed by atoms with van der Waals surface area (Å²) >= 11 is 0. The van der Waals surface area contributed by atoms with Gasteiger partial charge in [0.1, 0.15) is 5.82 Å². The Labute approximate surface area is 129 Å². The summed E-state index contributed by atoms with van der Waals surface area (Å²) in [6.07, 6.45) is 2.94. The molecule has 0 aliphatic carbocycles. The minimum atomic E-state index is -0.768. The van der Waals surface area contributed by atoms with E-state index in [1.165, 1.54) is 0 Å². The van der Waals surface area contributed by atoms with Gasteiger partial charge in [-0.3, -0.25) is 4.79 Å². The van der Waals surface area contributed by atoms with Gasteiger partial charge in [-0.05, 0) is 48.9 Å². The summed E-state index contributed by atoms with van der Waals surface area (Å²) in [5, 5.41) is 10.2. The second kappa shape index (κ2) is 5.75. The van der Waals surface area contributed by atoms with Gasteiger partial charge < -0.3 is 9.67 Å². The van der Waals surface area contributed by atoms with Gasteiger partial charge in [0.2, 0.25) is 0 Å². The van der Waals surface area contributed by atoms with E-state index in [-0.39, 0.29) is 18.2 Å². The first-order valence-corrected chi connectivity index (χ1v) is 8.09. The van der Waals surface area contributed by atoms with Gasteiger partial charge in [0.15, 0.2) is 0 Å². The SMILES string of the molecule is CCC(CC)c1cc(F)cc2c1cc1n2CCC1CC(=O)O. The molecule has 1 N–H and O–H groups in total. The van der Waals surface area contributed by atoms with E-state index >= 15 is 0 Å². The molecule has 0 fully saturated rings. The normalized spacial score (nSPS) is 17.4. The molecule has 1 unspecified atom stereocenters. The number of hydrogen-bond donors (Lipinski definition) is 1. The third-order valence-corrected chi connectivity index (χ3v) is 5.02. The van der Waals surface area contributed by atoms with E-state index in [2.05, 4.69) is 24.5 Å². The van der Waals surface area contributed by atoms with Crippen molar-refractivity contribution in [3.63, 3.8) is 0 Å². The number of aromatic nitrogens is 1. The van der Waals surface area contributed by atoms with Gasteiger partial charge in [-0.15, -0.1) is 0 Å². The van der Waals surface area contributed by atoms with Gasteiger partial charge >= 0.3 is 5.97 Å². The predicted octanol–water partition coefficient (Wildman–Crippen LogP) is 4.65. The number of aryl methyl sites for hydroxylation is 1. The molecule has 4 heteroatoms. The Morgan fingerprint density at radius 2 is 2.09 bits per heavy atom. The molecule has 0 bridgehead atoms. The molecule has 2 heterocycles. The lowest BCUT2D eigenvalue weighted by atomic mass is 9.90. The molecular formula is C18H22FNO2. The summed E-state index contributed by atoms with van der Waals surface area (Å²) in [6.45, 7) is 5.03. The molecule has 1 aromatic carbocycles. The second-order valence-electron chi connectivity index (χ2n) is 6.25. The molecule has 1 atom stereocenters. The summed E-state index contributed by atoms with van der Waals surface area (Å²) in [4.78, 5) is 11.0. The standard InChI is InChI=1S/C18H22FNO2/c1-3-11(4-2)14-8-13(19)9-17-15(14)10-16-12(7-18(21)22)5-6-20(16)17/h8-12H,3-7H2,1-2H3,(H,21,22). The molecule has 0 amide bonds. The average molecular weight is 303 g/mol.